The van der Waals surface area contributed by atoms with Gasteiger partial charge in [0.2, 0.25) is 0 Å². The van der Waals surface area contributed by atoms with E-state index in [1.165, 1.54) is 5.57 Å². The van der Waals surface area contributed by atoms with E-state index in [2.05, 4.69) is 13.0 Å². The van der Waals surface area contributed by atoms with Gasteiger partial charge in [0.05, 0.1) is 0 Å². The standard InChI is InChI=1S/C10H14O2/c1-6-2-7-3-8(5-11)9(6)4-10(7)12/h2,7-9,11H,3-5H2,1H3/t7-,8+,9+/m1/s1. The van der Waals surface area contributed by atoms with Gasteiger partial charge in [-0.3, -0.25) is 4.79 Å². The second-order valence-electron chi connectivity index (χ2n) is 3.97. The van der Waals surface area contributed by atoms with E-state index in [1.807, 2.05) is 0 Å². The lowest BCUT2D eigenvalue weighted by molar-refractivity contribution is -0.126. The molecule has 3 rings (SSSR count). The first kappa shape index (κ1) is 7.99. The average Bonchev–Trinajstić information content (AvgIpc) is 2.06. The molecule has 0 heterocycles. The van der Waals surface area contributed by atoms with Crippen molar-refractivity contribution in [1.82, 2.24) is 0 Å². The van der Waals surface area contributed by atoms with Crippen molar-refractivity contribution in [2.75, 3.05) is 6.61 Å². The van der Waals surface area contributed by atoms with Crippen LogP contribution in [0.1, 0.15) is 19.8 Å². The van der Waals surface area contributed by atoms with Gasteiger partial charge in [-0.1, -0.05) is 11.6 Å². The van der Waals surface area contributed by atoms with E-state index in [4.69, 9.17) is 5.11 Å². The maximum Gasteiger partial charge on any atom is 0.140 e. The van der Waals surface area contributed by atoms with Crippen LogP contribution in [0.25, 0.3) is 0 Å². The molecule has 2 nitrogen and oxygen atoms in total. The van der Waals surface area contributed by atoms with Crippen molar-refractivity contribution in [3.05, 3.63) is 11.6 Å². The van der Waals surface area contributed by atoms with Gasteiger partial charge in [-0.05, 0) is 25.2 Å². The summed E-state index contributed by atoms with van der Waals surface area (Å²) in [5.41, 5.74) is 1.31. The third-order valence-electron chi connectivity index (χ3n) is 3.24. The topological polar surface area (TPSA) is 37.3 Å². The van der Waals surface area contributed by atoms with Gasteiger partial charge in [0.25, 0.3) is 0 Å². The molecule has 0 aliphatic heterocycles. The predicted octanol–water partition coefficient (Wildman–Crippen LogP) is 1.15. The Balaban J connectivity index is 2.27. The monoisotopic (exact) mass is 166 g/mol. The molecule has 0 radical (unpaired) electrons. The van der Waals surface area contributed by atoms with E-state index in [9.17, 15) is 4.79 Å². The molecule has 1 saturated carbocycles. The van der Waals surface area contributed by atoms with Crippen LogP contribution in [0.4, 0.5) is 0 Å². The lowest BCUT2D eigenvalue weighted by atomic mass is 9.65. The van der Waals surface area contributed by atoms with E-state index in [0.29, 0.717) is 24.0 Å². The van der Waals surface area contributed by atoms with Gasteiger partial charge < -0.3 is 5.11 Å². The first-order chi connectivity index (χ1) is 5.72. The lowest BCUT2D eigenvalue weighted by Crippen LogP contribution is -2.38. The molecule has 1 N–H and O–H groups in total. The number of Topliss-reactive ketones (excluding diaryl/α,β-unsaturated/α-hetero) is 1. The number of allylic oxidation sites excluding steroid dienone is 2. The predicted molar refractivity (Wildman–Crippen MR) is 45.6 cm³/mol. The van der Waals surface area contributed by atoms with Crippen molar-refractivity contribution in [3.8, 4) is 0 Å². The molecule has 2 bridgehead atoms. The molecule has 3 aliphatic rings. The second kappa shape index (κ2) is 2.70. The van der Waals surface area contributed by atoms with Crippen molar-refractivity contribution in [3.63, 3.8) is 0 Å². The van der Waals surface area contributed by atoms with Gasteiger partial charge in [-0.2, -0.15) is 0 Å². The van der Waals surface area contributed by atoms with Gasteiger partial charge in [0.15, 0.2) is 0 Å². The van der Waals surface area contributed by atoms with Crippen molar-refractivity contribution < 1.29 is 9.90 Å². The van der Waals surface area contributed by atoms with Crippen molar-refractivity contribution >= 4 is 5.78 Å². The summed E-state index contributed by atoms with van der Waals surface area (Å²) in [7, 11) is 0. The highest BCUT2D eigenvalue weighted by Gasteiger charge is 2.39. The lowest BCUT2D eigenvalue weighted by Gasteiger charge is -2.39. The minimum absolute atomic E-state index is 0.118. The molecule has 0 aromatic carbocycles. The Morgan fingerprint density at radius 3 is 3.00 bits per heavy atom. The van der Waals surface area contributed by atoms with Crippen LogP contribution in [0, 0.1) is 17.8 Å². The summed E-state index contributed by atoms with van der Waals surface area (Å²) in [6.07, 6.45) is 3.62. The zero-order valence-electron chi connectivity index (χ0n) is 7.29. The van der Waals surface area contributed by atoms with Crippen LogP contribution < -0.4 is 0 Å². The Kier molecular flexibility index (Phi) is 1.80. The Morgan fingerprint density at radius 2 is 2.42 bits per heavy atom. The van der Waals surface area contributed by atoms with Gasteiger partial charge in [-0.25, -0.2) is 0 Å². The summed E-state index contributed by atoms with van der Waals surface area (Å²) >= 11 is 0. The van der Waals surface area contributed by atoms with E-state index < -0.39 is 0 Å². The summed E-state index contributed by atoms with van der Waals surface area (Å²) in [6.45, 7) is 2.31. The molecule has 0 aromatic heterocycles. The number of aliphatic hydroxyl groups excluding tert-OH is 1. The van der Waals surface area contributed by atoms with Crippen LogP contribution in [-0.2, 0) is 4.79 Å². The summed E-state index contributed by atoms with van der Waals surface area (Å²) < 4.78 is 0. The quantitative estimate of drug-likeness (QED) is 0.593. The first-order valence-electron chi connectivity index (χ1n) is 4.54. The van der Waals surface area contributed by atoms with Crippen molar-refractivity contribution in [1.29, 1.82) is 0 Å². The highest BCUT2D eigenvalue weighted by atomic mass is 16.3. The third kappa shape index (κ3) is 1.02. The highest BCUT2D eigenvalue weighted by Crippen LogP contribution is 2.42. The number of fused-ring (bicyclic) bond motifs is 2. The Labute approximate surface area is 72.3 Å². The summed E-state index contributed by atoms with van der Waals surface area (Å²) in [5.74, 6) is 1.17. The average molecular weight is 166 g/mol. The largest absolute Gasteiger partial charge is 0.396 e. The zero-order chi connectivity index (χ0) is 8.72. The molecule has 0 saturated heterocycles. The van der Waals surface area contributed by atoms with Crippen LogP contribution in [0.2, 0.25) is 0 Å². The molecule has 0 spiro atoms. The molecular formula is C10H14O2. The smallest absolute Gasteiger partial charge is 0.140 e. The molecule has 12 heavy (non-hydrogen) atoms. The van der Waals surface area contributed by atoms with E-state index in [0.717, 1.165) is 6.42 Å². The van der Waals surface area contributed by atoms with Crippen LogP contribution in [0.3, 0.4) is 0 Å². The number of carbonyl (C=O) groups excluding carboxylic acids is 1. The fraction of sp³-hybridized carbons (Fsp3) is 0.700. The minimum atomic E-state index is 0.118. The molecule has 1 fully saturated rings. The summed E-state index contributed by atoms with van der Waals surface area (Å²) in [6, 6.07) is 0. The SMILES string of the molecule is CC1=C[C@@H]2C[C@@H](CO)[C@H]1CC2=O. The summed E-state index contributed by atoms with van der Waals surface area (Å²) in [5, 5.41) is 9.08. The molecule has 2 heteroatoms. The number of hydrogen-bond donors (Lipinski definition) is 1. The van der Waals surface area contributed by atoms with Crippen molar-refractivity contribution in [2.45, 2.75) is 19.8 Å². The Bertz CT molecular complexity index is 242. The van der Waals surface area contributed by atoms with Gasteiger partial charge >= 0.3 is 0 Å². The fourth-order valence-corrected chi connectivity index (χ4v) is 2.49. The maximum atomic E-state index is 11.3. The highest BCUT2D eigenvalue weighted by molar-refractivity contribution is 5.85. The van der Waals surface area contributed by atoms with Crippen molar-refractivity contribution in [2.24, 2.45) is 17.8 Å². The first-order valence-corrected chi connectivity index (χ1v) is 4.54. The van der Waals surface area contributed by atoms with Crippen LogP contribution >= 0.6 is 0 Å². The van der Waals surface area contributed by atoms with Gasteiger partial charge in [0, 0.05) is 18.9 Å². The second-order valence-corrected chi connectivity index (χ2v) is 3.97. The van der Waals surface area contributed by atoms with Gasteiger partial charge in [0.1, 0.15) is 5.78 Å². The molecule has 0 unspecified atom stereocenters. The molecular weight excluding hydrogens is 152 g/mol. The number of rotatable bonds is 1. The molecule has 0 amide bonds. The zero-order valence-corrected chi connectivity index (χ0v) is 7.29. The van der Waals surface area contributed by atoms with Gasteiger partial charge in [-0.15, -0.1) is 0 Å². The Morgan fingerprint density at radius 1 is 1.67 bits per heavy atom. The third-order valence-corrected chi connectivity index (χ3v) is 3.24. The van der Waals surface area contributed by atoms with Crippen LogP contribution in [0.15, 0.2) is 11.6 Å². The number of aliphatic hydroxyl groups is 1. The summed E-state index contributed by atoms with van der Waals surface area (Å²) in [4.78, 5) is 11.3. The number of carbonyl (C=O) groups is 1. The minimum Gasteiger partial charge on any atom is -0.396 e. The molecule has 3 atom stereocenters. The van der Waals surface area contributed by atoms with E-state index >= 15 is 0 Å². The van der Waals surface area contributed by atoms with Crippen LogP contribution in [0.5, 0.6) is 0 Å². The Hall–Kier alpha value is -0.630. The molecule has 66 valence electrons. The van der Waals surface area contributed by atoms with E-state index in [-0.39, 0.29) is 12.5 Å². The number of ketones is 1. The molecule has 0 aromatic rings. The normalized spacial score (nSPS) is 40.0. The van der Waals surface area contributed by atoms with Crippen LogP contribution in [-0.4, -0.2) is 17.5 Å². The molecule has 3 aliphatic carbocycles. The fourth-order valence-electron chi connectivity index (χ4n) is 2.49. The van der Waals surface area contributed by atoms with E-state index in [1.54, 1.807) is 0 Å². The number of hydrogen-bond acceptors (Lipinski definition) is 2. The maximum absolute atomic E-state index is 11.3.